The summed E-state index contributed by atoms with van der Waals surface area (Å²) in [6, 6.07) is 2.70. The van der Waals surface area contributed by atoms with Crippen molar-refractivity contribution >= 4 is 16.9 Å². The molecule has 5 nitrogen and oxygen atoms in total. The minimum Gasteiger partial charge on any atom is -0.469 e. The molecule has 0 fully saturated rings. The van der Waals surface area contributed by atoms with Gasteiger partial charge in [0.15, 0.2) is 0 Å². The topological polar surface area (TPSA) is 57.0 Å². The summed E-state index contributed by atoms with van der Waals surface area (Å²) in [5.41, 5.74) is 1.27. The van der Waals surface area contributed by atoms with Crippen LogP contribution in [0.1, 0.15) is 18.4 Å². The number of aryl methyl sites for hydroxylation is 1. The van der Waals surface area contributed by atoms with E-state index in [2.05, 4.69) is 14.8 Å². The lowest BCUT2D eigenvalue weighted by Crippen LogP contribution is -2.14. The predicted molar refractivity (Wildman–Crippen MR) is 84.3 cm³/mol. The Bertz CT molecular complexity index is 937. The number of methoxy groups -OCH3 is 1. The summed E-state index contributed by atoms with van der Waals surface area (Å²) in [5.74, 6) is -3.38. The number of nitrogens with zero attached hydrogens (tertiary/aromatic N) is 3. The van der Waals surface area contributed by atoms with Crippen molar-refractivity contribution in [1.82, 2.24) is 14.8 Å². The maximum absolute atomic E-state index is 14.9. The van der Waals surface area contributed by atoms with E-state index in [4.69, 9.17) is 0 Å². The number of aromatic nitrogens is 3. The van der Waals surface area contributed by atoms with Crippen LogP contribution in [0.3, 0.4) is 0 Å². The molecule has 24 heavy (non-hydrogen) atoms. The van der Waals surface area contributed by atoms with Crippen LogP contribution < -0.4 is 0 Å². The van der Waals surface area contributed by atoms with Crippen molar-refractivity contribution in [2.75, 3.05) is 7.11 Å². The number of benzene rings is 1. The van der Waals surface area contributed by atoms with Crippen LogP contribution in [0.25, 0.3) is 22.0 Å². The number of esters is 1. The molecule has 0 bridgehead atoms. The first kappa shape index (κ1) is 16.0. The van der Waals surface area contributed by atoms with Crippen molar-refractivity contribution < 1.29 is 18.3 Å². The lowest BCUT2D eigenvalue weighted by molar-refractivity contribution is -0.142. The summed E-state index contributed by atoms with van der Waals surface area (Å²) in [7, 11) is 2.95. The largest absolute Gasteiger partial charge is 0.469 e. The standard InChI is InChI=1S/C17H15F2N3O2/c1-9(17(23)24-3)15-13(18)5-14-12(16(15)19)4-10(6-20-14)11-7-21-22(2)8-11/h4-9H,1-3H3. The van der Waals surface area contributed by atoms with E-state index >= 15 is 0 Å². The molecule has 2 heterocycles. The number of rotatable bonds is 3. The normalized spacial score (nSPS) is 12.4. The zero-order chi connectivity index (χ0) is 17.4. The molecule has 0 radical (unpaired) electrons. The van der Waals surface area contributed by atoms with Gasteiger partial charge in [-0.2, -0.15) is 5.10 Å². The van der Waals surface area contributed by atoms with E-state index in [0.717, 1.165) is 11.6 Å². The fourth-order valence-corrected chi connectivity index (χ4v) is 2.63. The molecule has 1 unspecified atom stereocenters. The van der Waals surface area contributed by atoms with Crippen LogP contribution >= 0.6 is 0 Å². The minimum atomic E-state index is -1.05. The lowest BCUT2D eigenvalue weighted by atomic mass is 9.96. The predicted octanol–water partition coefficient (Wildman–Crippen LogP) is 3.19. The van der Waals surface area contributed by atoms with Crippen LogP contribution in [0, 0.1) is 11.6 Å². The van der Waals surface area contributed by atoms with Gasteiger partial charge < -0.3 is 4.74 Å². The highest BCUT2D eigenvalue weighted by Gasteiger charge is 2.25. The van der Waals surface area contributed by atoms with E-state index in [1.54, 1.807) is 30.2 Å². The summed E-state index contributed by atoms with van der Waals surface area (Å²) in [4.78, 5) is 15.8. The second-order valence-electron chi connectivity index (χ2n) is 5.52. The zero-order valence-electron chi connectivity index (χ0n) is 13.4. The second kappa shape index (κ2) is 5.99. The quantitative estimate of drug-likeness (QED) is 0.692. The molecule has 0 aliphatic rings. The third-order valence-corrected chi connectivity index (χ3v) is 3.94. The summed E-state index contributed by atoms with van der Waals surface area (Å²) >= 11 is 0. The first-order valence-electron chi connectivity index (χ1n) is 7.27. The molecule has 0 amide bonds. The molecule has 0 spiro atoms. The van der Waals surface area contributed by atoms with Gasteiger partial charge in [-0.25, -0.2) is 8.78 Å². The Morgan fingerprint density at radius 1 is 1.25 bits per heavy atom. The highest BCUT2D eigenvalue weighted by molar-refractivity contribution is 5.87. The smallest absolute Gasteiger partial charge is 0.313 e. The van der Waals surface area contributed by atoms with E-state index in [1.807, 2.05) is 0 Å². The molecule has 7 heteroatoms. The Labute approximate surface area is 136 Å². The van der Waals surface area contributed by atoms with Gasteiger partial charge in [-0.3, -0.25) is 14.5 Å². The summed E-state index contributed by atoms with van der Waals surface area (Å²) in [6.45, 7) is 1.40. The molecule has 0 saturated carbocycles. The number of hydrogen-bond donors (Lipinski definition) is 0. The number of ether oxygens (including phenoxy) is 1. The van der Waals surface area contributed by atoms with Crippen molar-refractivity contribution in [3.63, 3.8) is 0 Å². The van der Waals surface area contributed by atoms with Crippen molar-refractivity contribution in [2.45, 2.75) is 12.8 Å². The third kappa shape index (κ3) is 2.62. The minimum absolute atomic E-state index is 0.142. The van der Waals surface area contributed by atoms with Gasteiger partial charge in [0.2, 0.25) is 0 Å². The van der Waals surface area contributed by atoms with Gasteiger partial charge >= 0.3 is 5.97 Å². The summed E-state index contributed by atoms with van der Waals surface area (Å²) in [6.07, 6.45) is 4.92. The van der Waals surface area contributed by atoms with E-state index in [9.17, 15) is 13.6 Å². The monoisotopic (exact) mass is 331 g/mol. The van der Waals surface area contributed by atoms with Gasteiger partial charge in [-0.15, -0.1) is 0 Å². The Balaban J connectivity index is 2.20. The van der Waals surface area contributed by atoms with Gasteiger partial charge in [0.25, 0.3) is 0 Å². The Morgan fingerprint density at radius 3 is 2.62 bits per heavy atom. The van der Waals surface area contributed by atoms with Gasteiger partial charge in [-0.1, -0.05) is 0 Å². The van der Waals surface area contributed by atoms with E-state index in [1.165, 1.54) is 20.2 Å². The van der Waals surface area contributed by atoms with E-state index < -0.39 is 23.5 Å². The van der Waals surface area contributed by atoms with Crippen LogP contribution in [0.2, 0.25) is 0 Å². The Morgan fingerprint density at radius 2 is 2.00 bits per heavy atom. The van der Waals surface area contributed by atoms with Gasteiger partial charge in [0, 0.05) is 47.6 Å². The Hall–Kier alpha value is -2.83. The van der Waals surface area contributed by atoms with Crippen molar-refractivity contribution in [3.8, 4) is 11.1 Å². The van der Waals surface area contributed by atoms with Crippen LogP contribution in [0.5, 0.6) is 0 Å². The molecular weight excluding hydrogens is 316 g/mol. The zero-order valence-corrected chi connectivity index (χ0v) is 13.4. The molecule has 3 rings (SSSR count). The van der Waals surface area contributed by atoms with Crippen LogP contribution in [-0.4, -0.2) is 27.8 Å². The maximum atomic E-state index is 14.9. The SMILES string of the molecule is COC(=O)C(C)c1c(F)cc2ncc(-c3cnn(C)c3)cc2c1F. The molecule has 3 aromatic rings. The number of fused-ring (bicyclic) bond motifs is 1. The molecule has 0 aliphatic heterocycles. The van der Waals surface area contributed by atoms with Crippen LogP contribution in [0.4, 0.5) is 8.78 Å². The molecule has 0 N–H and O–H groups in total. The summed E-state index contributed by atoms with van der Waals surface area (Å²) in [5, 5.41) is 4.21. The van der Waals surface area contributed by atoms with Gasteiger partial charge in [0.1, 0.15) is 11.6 Å². The van der Waals surface area contributed by atoms with Crippen LogP contribution in [-0.2, 0) is 16.6 Å². The molecule has 124 valence electrons. The van der Waals surface area contributed by atoms with Crippen molar-refractivity contribution in [3.05, 3.63) is 47.9 Å². The number of carbonyl (C=O) groups excluding carboxylic acids is 1. The highest BCUT2D eigenvalue weighted by Crippen LogP contribution is 2.31. The second-order valence-corrected chi connectivity index (χ2v) is 5.52. The van der Waals surface area contributed by atoms with E-state index in [-0.39, 0.29) is 16.5 Å². The first-order chi connectivity index (χ1) is 11.4. The average molecular weight is 331 g/mol. The summed E-state index contributed by atoms with van der Waals surface area (Å²) < 4.78 is 35.3. The highest BCUT2D eigenvalue weighted by atomic mass is 19.1. The first-order valence-corrected chi connectivity index (χ1v) is 7.27. The van der Waals surface area contributed by atoms with Gasteiger partial charge in [0.05, 0.1) is 24.7 Å². The number of carbonyl (C=O) groups is 1. The molecule has 0 aliphatic carbocycles. The fourth-order valence-electron chi connectivity index (χ4n) is 2.63. The van der Waals surface area contributed by atoms with Crippen LogP contribution in [0.15, 0.2) is 30.7 Å². The lowest BCUT2D eigenvalue weighted by Gasteiger charge is -2.13. The Kier molecular flexibility index (Phi) is 4.01. The molecule has 0 saturated heterocycles. The van der Waals surface area contributed by atoms with E-state index in [0.29, 0.717) is 5.56 Å². The average Bonchev–Trinajstić information content (AvgIpc) is 3.00. The van der Waals surface area contributed by atoms with Crippen molar-refractivity contribution in [2.24, 2.45) is 7.05 Å². The fraction of sp³-hybridized carbons (Fsp3) is 0.235. The number of hydrogen-bond acceptors (Lipinski definition) is 4. The number of halogens is 2. The number of pyridine rings is 1. The molecular formula is C17H15F2N3O2. The molecule has 1 aromatic carbocycles. The molecule has 1 atom stereocenters. The van der Waals surface area contributed by atoms with Gasteiger partial charge in [-0.05, 0) is 13.0 Å². The third-order valence-electron chi connectivity index (χ3n) is 3.94. The molecule has 2 aromatic heterocycles. The van der Waals surface area contributed by atoms with Crippen molar-refractivity contribution in [1.29, 1.82) is 0 Å². The maximum Gasteiger partial charge on any atom is 0.313 e.